The van der Waals surface area contributed by atoms with Crippen LogP contribution < -0.4 is 5.32 Å². The van der Waals surface area contributed by atoms with Gasteiger partial charge in [0.05, 0.1) is 5.75 Å². The Morgan fingerprint density at radius 2 is 1.57 bits per heavy atom. The summed E-state index contributed by atoms with van der Waals surface area (Å²) < 4.78 is 1.80. The standard InChI is InChI=1S/C22H14N4O3S/c27-19(12-30-22-25-24-18-7-3-4-10-26(18)22)23-13-8-9-16-17(11-13)21(29)15-6-2-1-5-14(15)20(16)28/h1-11H,12H2,(H,23,27). The number of fused-ring (bicyclic) bond motifs is 3. The van der Waals surface area contributed by atoms with Crippen LogP contribution in [0.2, 0.25) is 0 Å². The highest BCUT2D eigenvalue weighted by Gasteiger charge is 2.29. The van der Waals surface area contributed by atoms with Crippen molar-refractivity contribution < 1.29 is 14.4 Å². The number of rotatable bonds is 4. The van der Waals surface area contributed by atoms with Gasteiger partial charge in [-0.05, 0) is 30.3 Å². The summed E-state index contributed by atoms with van der Waals surface area (Å²) in [6.07, 6.45) is 1.83. The summed E-state index contributed by atoms with van der Waals surface area (Å²) >= 11 is 1.26. The van der Waals surface area contributed by atoms with Crippen LogP contribution in [0.15, 0.2) is 72.0 Å². The highest BCUT2D eigenvalue weighted by atomic mass is 32.2. The summed E-state index contributed by atoms with van der Waals surface area (Å²) in [5, 5.41) is 11.5. The van der Waals surface area contributed by atoms with Crippen LogP contribution in [-0.2, 0) is 4.79 Å². The number of hydrogen-bond donors (Lipinski definition) is 1. The van der Waals surface area contributed by atoms with Gasteiger partial charge < -0.3 is 5.32 Å². The van der Waals surface area contributed by atoms with Gasteiger partial charge in [-0.25, -0.2) is 0 Å². The summed E-state index contributed by atoms with van der Waals surface area (Å²) in [5.41, 5.74) is 2.61. The first-order valence-corrected chi connectivity index (χ1v) is 10.2. The van der Waals surface area contributed by atoms with Crippen molar-refractivity contribution in [3.63, 3.8) is 0 Å². The molecule has 1 aliphatic rings. The molecule has 2 heterocycles. The van der Waals surface area contributed by atoms with E-state index in [0.29, 0.717) is 38.7 Å². The lowest BCUT2D eigenvalue weighted by molar-refractivity contribution is -0.113. The van der Waals surface area contributed by atoms with Gasteiger partial charge in [-0.3, -0.25) is 18.8 Å². The maximum Gasteiger partial charge on any atom is 0.234 e. The summed E-state index contributed by atoms with van der Waals surface area (Å²) in [7, 11) is 0. The fourth-order valence-corrected chi connectivity index (χ4v) is 4.15. The number of benzene rings is 2. The molecule has 4 aromatic rings. The summed E-state index contributed by atoms with van der Waals surface area (Å²) in [5.74, 6) is -0.529. The molecule has 146 valence electrons. The predicted octanol–water partition coefficient (Wildman–Crippen LogP) is 3.24. The maximum absolute atomic E-state index is 12.8. The molecule has 0 bridgehead atoms. The van der Waals surface area contributed by atoms with E-state index in [1.165, 1.54) is 11.8 Å². The number of nitrogens with zero attached hydrogens (tertiary/aromatic N) is 3. The molecule has 0 radical (unpaired) electrons. The number of nitrogens with one attached hydrogen (secondary N) is 1. The molecule has 0 aliphatic heterocycles. The number of aromatic nitrogens is 3. The second-order valence-corrected chi connectivity index (χ2v) is 7.65. The lowest BCUT2D eigenvalue weighted by Gasteiger charge is -2.18. The molecular formula is C22H14N4O3S. The van der Waals surface area contributed by atoms with E-state index in [2.05, 4.69) is 15.5 Å². The van der Waals surface area contributed by atoms with E-state index < -0.39 is 0 Å². The van der Waals surface area contributed by atoms with E-state index in [-0.39, 0.29) is 23.2 Å². The van der Waals surface area contributed by atoms with Gasteiger partial charge in [0, 0.05) is 34.1 Å². The molecule has 0 atom stereocenters. The molecule has 0 saturated heterocycles. The first kappa shape index (κ1) is 18.3. The van der Waals surface area contributed by atoms with Gasteiger partial charge in [0.1, 0.15) is 0 Å². The van der Waals surface area contributed by atoms with E-state index in [0.717, 1.165) is 0 Å². The number of ketones is 2. The molecule has 1 amide bonds. The SMILES string of the molecule is O=C(CSc1nnc2ccccn12)Nc1ccc2c(c1)C(=O)c1ccccc1C2=O. The smallest absolute Gasteiger partial charge is 0.234 e. The third-order valence-corrected chi connectivity index (χ3v) is 5.77. The van der Waals surface area contributed by atoms with Crippen molar-refractivity contribution in [1.82, 2.24) is 14.6 Å². The Balaban J connectivity index is 1.33. The van der Waals surface area contributed by atoms with Crippen molar-refractivity contribution in [2.75, 3.05) is 11.1 Å². The fraction of sp³-hybridized carbons (Fsp3) is 0.0455. The van der Waals surface area contributed by atoms with Crippen LogP contribution in [0.5, 0.6) is 0 Å². The Morgan fingerprint density at radius 1 is 0.867 bits per heavy atom. The molecule has 0 unspecified atom stereocenters. The van der Waals surface area contributed by atoms with Crippen LogP contribution >= 0.6 is 11.8 Å². The highest BCUT2D eigenvalue weighted by molar-refractivity contribution is 7.99. The largest absolute Gasteiger partial charge is 0.325 e. The molecule has 5 rings (SSSR count). The number of amides is 1. The van der Waals surface area contributed by atoms with Crippen molar-refractivity contribution in [3.05, 3.63) is 89.1 Å². The number of hydrogen-bond acceptors (Lipinski definition) is 6. The number of pyridine rings is 1. The average molecular weight is 414 g/mol. The van der Waals surface area contributed by atoms with Gasteiger partial charge in [0.25, 0.3) is 0 Å². The maximum atomic E-state index is 12.8. The van der Waals surface area contributed by atoms with Gasteiger partial charge in [-0.2, -0.15) is 0 Å². The monoisotopic (exact) mass is 414 g/mol. The number of anilines is 1. The second-order valence-electron chi connectivity index (χ2n) is 6.71. The lowest BCUT2D eigenvalue weighted by Crippen LogP contribution is -2.21. The van der Waals surface area contributed by atoms with Crippen molar-refractivity contribution in [2.45, 2.75) is 5.16 Å². The summed E-state index contributed by atoms with van der Waals surface area (Å²) in [6, 6.07) is 17.1. The van der Waals surface area contributed by atoms with Crippen LogP contribution in [0.25, 0.3) is 5.65 Å². The number of thioether (sulfide) groups is 1. The summed E-state index contributed by atoms with van der Waals surface area (Å²) in [4.78, 5) is 37.9. The highest BCUT2D eigenvalue weighted by Crippen LogP contribution is 2.29. The van der Waals surface area contributed by atoms with Gasteiger partial charge >= 0.3 is 0 Å². The summed E-state index contributed by atoms with van der Waals surface area (Å²) in [6.45, 7) is 0. The first-order valence-electron chi connectivity index (χ1n) is 9.17. The van der Waals surface area contributed by atoms with Crippen molar-refractivity contribution in [1.29, 1.82) is 0 Å². The minimum Gasteiger partial charge on any atom is -0.325 e. The van der Waals surface area contributed by atoms with Crippen LogP contribution in [-0.4, -0.2) is 37.8 Å². The van der Waals surface area contributed by atoms with E-state index in [1.807, 2.05) is 24.4 Å². The van der Waals surface area contributed by atoms with Crippen molar-refractivity contribution >= 4 is 40.6 Å². The minimum atomic E-state index is -0.248. The van der Waals surface area contributed by atoms with Gasteiger partial charge in [0.15, 0.2) is 22.4 Å². The molecule has 0 saturated carbocycles. The van der Waals surface area contributed by atoms with E-state index in [1.54, 1.807) is 46.9 Å². The Kier molecular flexibility index (Phi) is 4.40. The van der Waals surface area contributed by atoms with Crippen molar-refractivity contribution in [3.8, 4) is 0 Å². The van der Waals surface area contributed by atoms with Crippen LogP contribution in [0.1, 0.15) is 31.8 Å². The Morgan fingerprint density at radius 3 is 2.37 bits per heavy atom. The zero-order valence-corrected chi connectivity index (χ0v) is 16.3. The van der Waals surface area contributed by atoms with E-state index in [9.17, 15) is 14.4 Å². The van der Waals surface area contributed by atoms with Crippen LogP contribution in [0, 0.1) is 0 Å². The molecular weight excluding hydrogens is 400 g/mol. The molecule has 0 spiro atoms. The average Bonchev–Trinajstić information content (AvgIpc) is 3.19. The fourth-order valence-electron chi connectivity index (χ4n) is 3.42. The lowest BCUT2D eigenvalue weighted by atomic mass is 9.84. The molecule has 2 aromatic carbocycles. The van der Waals surface area contributed by atoms with Gasteiger partial charge in [0.2, 0.25) is 5.91 Å². The first-order chi connectivity index (χ1) is 14.6. The zero-order valence-electron chi connectivity index (χ0n) is 15.5. The molecule has 30 heavy (non-hydrogen) atoms. The van der Waals surface area contributed by atoms with E-state index >= 15 is 0 Å². The third kappa shape index (κ3) is 3.07. The molecule has 8 heteroatoms. The molecule has 2 aromatic heterocycles. The topological polar surface area (TPSA) is 93.4 Å². The minimum absolute atomic E-state index is 0.127. The Hall–Kier alpha value is -3.78. The molecule has 0 fully saturated rings. The predicted molar refractivity (Wildman–Crippen MR) is 112 cm³/mol. The normalized spacial score (nSPS) is 12.5. The van der Waals surface area contributed by atoms with Gasteiger partial charge in [-0.1, -0.05) is 42.1 Å². The van der Waals surface area contributed by atoms with E-state index in [4.69, 9.17) is 0 Å². The van der Waals surface area contributed by atoms with Crippen molar-refractivity contribution in [2.24, 2.45) is 0 Å². The molecule has 7 nitrogen and oxygen atoms in total. The Bertz CT molecular complexity index is 1350. The van der Waals surface area contributed by atoms with Gasteiger partial charge in [-0.15, -0.1) is 10.2 Å². The second kappa shape index (κ2) is 7.23. The number of carbonyl (C=O) groups is 3. The number of carbonyl (C=O) groups excluding carboxylic acids is 3. The zero-order chi connectivity index (χ0) is 20.7. The quantitative estimate of drug-likeness (QED) is 0.454. The van der Waals surface area contributed by atoms with Crippen LogP contribution in [0.3, 0.4) is 0 Å². The molecule has 1 aliphatic carbocycles. The third-order valence-electron chi connectivity index (χ3n) is 4.82. The van der Waals surface area contributed by atoms with Crippen LogP contribution in [0.4, 0.5) is 5.69 Å². The Labute approximate surface area is 175 Å². The molecule has 1 N–H and O–H groups in total.